The Hall–Kier alpha value is -2.18. The summed E-state index contributed by atoms with van der Waals surface area (Å²) in [7, 11) is -3.60. The van der Waals surface area contributed by atoms with E-state index in [2.05, 4.69) is 5.32 Å². The van der Waals surface area contributed by atoms with Crippen LogP contribution in [0.4, 0.5) is 5.69 Å². The molecule has 2 rings (SSSR count). The molecule has 0 aromatic heterocycles. The number of hydrogen-bond donors (Lipinski definition) is 1. The Morgan fingerprint density at radius 3 is 2.00 bits per heavy atom. The highest BCUT2D eigenvalue weighted by molar-refractivity contribution is 7.89. The van der Waals surface area contributed by atoms with Crippen molar-refractivity contribution in [1.82, 2.24) is 4.31 Å². The molecule has 1 amide bonds. The third-order valence-corrected chi connectivity index (χ3v) is 6.38. The number of nitrogens with zero attached hydrogens (tertiary/aromatic N) is 1. The van der Waals surface area contributed by atoms with Crippen LogP contribution in [0, 0.1) is 25.7 Å². The normalized spacial score (nSPS) is 12.0. The third kappa shape index (κ3) is 6.15. The van der Waals surface area contributed by atoms with Crippen LogP contribution in [-0.4, -0.2) is 31.7 Å². The van der Waals surface area contributed by atoms with Crippen molar-refractivity contribution >= 4 is 21.6 Å². The first-order chi connectivity index (χ1) is 13.5. The summed E-state index contributed by atoms with van der Waals surface area (Å²) in [4.78, 5) is 12.8. The molecule has 5 nitrogen and oxygen atoms in total. The van der Waals surface area contributed by atoms with E-state index in [1.807, 2.05) is 59.7 Å². The van der Waals surface area contributed by atoms with E-state index in [0.29, 0.717) is 18.7 Å². The molecular weight excluding hydrogens is 384 g/mol. The van der Waals surface area contributed by atoms with E-state index in [-0.39, 0.29) is 22.6 Å². The first-order valence-electron chi connectivity index (χ1n) is 9.99. The van der Waals surface area contributed by atoms with Crippen LogP contribution in [0.1, 0.15) is 49.2 Å². The second-order valence-electron chi connectivity index (χ2n) is 8.41. The molecule has 6 heteroatoms. The van der Waals surface area contributed by atoms with Crippen molar-refractivity contribution in [2.24, 2.45) is 11.8 Å². The molecule has 0 atom stereocenters. The van der Waals surface area contributed by atoms with Gasteiger partial charge < -0.3 is 5.32 Å². The summed E-state index contributed by atoms with van der Waals surface area (Å²) in [5.41, 5.74) is 3.21. The summed E-state index contributed by atoms with van der Waals surface area (Å²) in [6.45, 7) is 12.8. The zero-order valence-electron chi connectivity index (χ0n) is 18.2. The molecular formula is C23H32N2O3S. The van der Waals surface area contributed by atoms with Gasteiger partial charge in [0.05, 0.1) is 4.90 Å². The summed E-state index contributed by atoms with van der Waals surface area (Å²) < 4.78 is 27.7. The lowest BCUT2D eigenvalue weighted by atomic mass is 10.1. The number of rotatable bonds is 8. The highest BCUT2D eigenvalue weighted by Crippen LogP contribution is 2.21. The van der Waals surface area contributed by atoms with Crippen LogP contribution in [0.5, 0.6) is 0 Å². The quantitative estimate of drug-likeness (QED) is 0.668. The van der Waals surface area contributed by atoms with Gasteiger partial charge in [0.25, 0.3) is 5.91 Å². The van der Waals surface area contributed by atoms with Gasteiger partial charge in [-0.25, -0.2) is 8.42 Å². The molecule has 0 heterocycles. The number of carbonyl (C=O) groups is 1. The second kappa shape index (κ2) is 9.55. The van der Waals surface area contributed by atoms with Crippen molar-refractivity contribution in [2.45, 2.75) is 46.4 Å². The van der Waals surface area contributed by atoms with Crippen molar-refractivity contribution in [1.29, 1.82) is 0 Å². The molecule has 0 fully saturated rings. The number of anilines is 1. The van der Waals surface area contributed by atoms with E-state index < -0.39 is 10.0 Å². The lowest BCUT2D eigenvalue weighted by molar-refractivity contribution is 0.102. The van der Waals surface area contributed by atoms with Crippen LogP contribution in [0.15, 0.2) is 47.4 Å². The predicted octanol–water partition coefficient (Wildman–Crippen LogP) is 4.86. The standard InChI is InChI=1S/C23H32N2O3S/c1-16(2)14-25(15-17(3)4)29(27,28)21-11-9-20(10-12-21)23(26)24-22-13-18(5)7-8-19(22)6/h7-13,16-17H,14-15H2,1-6H3,(H,24,26). The highest BCUT2D eigenvalue weighted by atomic mass is 32.2. The van der Waals surface area contributed by atoms with Crippen LogP contribution in [0.2, 0.25) is 0 Å². The molecule has 0 aliphatic heterocycles. The summed E-state index contributed by atoms with van der Waals surface area (Å²) >= 11 is 0. The van der Waals surface area contributed by atoms with Crippen molar-refractivity contribution in [3.8, 4) is 0 Å². The molecule has 0 saturated carbocycles. The average Bonchev–Trinajstić information content (AvgIpc) is 2.63. The summed E-state index contributed by atoms with van der Waals surface area (Å²) in [5.74, 6) is 0.196. The molecule has 29 heavy (non-hydrogen) atoms. The smallest absolute Gasteiger partial charge is 0.255 e. The maximum absolute atomic E-state index is 13.1. The highest BCUT2D eigenvalue weighted by Gasteiger charge is 2.26. The molecule has 0 saturated heterocycles. The number of nitrogens with one attached hydrogen (secondary N) is 1. The number of sulfonamides is 1. The SMILES string of the molecule is Cc1ccc(C)c(NC(=O)c2ccc(S(=O)(=O)N(CC(C)C)CC(C)C)cc2)c1. The van der Waals surface area contributed by atoms with E-state index >= 15 is 0 Å². The molecule has 0 aliphatic carbocycles. The van der Waals surface area contributed by atoms with Crippen molar-refractivity contribution in [2.75, 3.05) is 18.4 Å². The van der Waals surface area contributed by atoms with Crippen LogP contribution in [-0.2, 0) is 10.0 Å². The first kappa shape index (κ1) is 23.1. The van der Waals surface area contributed by atoms with Gasteiger partial charge in [0.1, 0.15) is 0 Å². The fourth-order valence-electron chi connectivity index (χ4n) is 3.08. The van der Waals surface area contributed by atoms with Crippen LogP contribution < -0.4 is 5.32 Å². The second-order valence-corrected chi connectivity index (χ2v) is 10.3. The largest absolute Gasteiger partial charge is 0.322 e. The van der Waals surface area contributed by atoms with E-state index in [9.17, 15) is 13.2 Å². The van der Waals surface area contributed by atoms with Gasteiger partial charge >= 0.3 is 0 Å². The number of benzene rings is 2. The predicted molar refractivity (Wildman–Crippen MR) is 119 cm³/mol. The van der Waals surface area contributed by atoms with Crippen molar-refractivity contribution in [3.05, 3.63) is 59.2 Å². The molecule has 0 bridgehead atoms. The molecule has 2 aromatic rings. The summed E-state index contributed by atoms with van der Waals surface area (Å²) in [5, 5.41) is 2.90. The molecule has 0 aliphatic rings. The minimum absolute atomic E-state index is 0.210. The van der Waals surface area contributed by atoms with Crippen LogP contribution in [0.3, 0.4) is 0 Å². The van der Waals surface area contributed by atoms with E-state index in [0.717, 1.165) is 16.8 Å². The molecule has 1 N–H and O–H groups in total. The van der Waals surface area contributed by atoms with E-state index in [4.69, 9.17) is 0 Å². The summed E-state index contributed by atoms with van der Waals surface area (Å²) in [6.07, 6.45) is 0. The maximum atomic E-state index is 13.1. The fraction of sp³-hybridized carbons (Fsp3) is 0.435. The number of aryl methyl sites for hydroxylation is 2. The lowest BCUT2D eigenvalue weighted by Gasteiger charge is -2.25. The van der Waals surface area contributed by atoms with Gasteiger partial charge in [-0.15, -0.1) is 0 Å². The average molecular weight is 417 g/mol. The minimum Gasteiger partial charge on any atom is -0.322 e. The zero-order chi connectivity index (χ0) is 21.8. The Bertz CT molecular complexity index is 939. The minimum atomic E-state index is -3.60. The molecule has 0 radical (unpaired) electrons. The van der Waals surface area contributed by atoms with E-state index in [1.54, 1.807) is 12.1 Å². The number of amides is 1. The Balaban J connectivity index is 2.23. The Morgan fingerprint density at radius 1 is 0.931 bits per heavy atom. The van der Waals surface area contributed by atoms with Gasteiger partial charge in [0, 0.05) is 24.3 Å². The first-order valence-corrected chi connectivity index (χ1v) is 11.4. The van der Waals surface area contributed by atoms with Gasteiger partial charge in [-0.1, -0.05) is 39.8 Å². The van der Waals surface area contributed by atoms with Gasteiger partial charge in [-0.2, -0.15) is 4.31 Å². The fourth-order valence-corrected chi connectivity index (χ4v) is 4.84. The van der Waals surface area contributed by atoms with Gasteiger partial charge in [0.15, 0.2) is 0 Å². The maximum Gasteiger partial charge on any atom is 0.255 e. The lowest BCUT2D eigenvalue weighted by Crippen LogP contribution is -2.37. The van der Waals surface area contributed by atoms with Gasteiger partial charge in [-0.05, 0) is 67.1 Å². The monoisotopic (exact) mass is 416 g/mol. The molecule has 0 unspecified atom stereocenters. The molecule has 2 aromatic carbocycles. The molecule has 0 spiro atoms. The van der Waals surface area contributed by atoms with Crippen molar-refractivity contribution in [3.63, 3.8) is 0 Å². The Morgan fingerprint density at radius 2 is 1.48 bits per heavy atom. The topological polar surface area (TPSA) is 66.5 Å². The summed E-state index contributed by atoms with van der Waals surface area (Å²) in [6, 6.07) is 12.0. The number of hydrogen-bond acceptors (Lipinski definition) is 3. The third-order valence-electron chi connectivity index (χ3n) is 4.53. The van der Waals surface area contributed by atoms with Gasteiger partial charge in [0.2, 0.25) is 10.0 Å². The van der Waals surface area contributed by atoms with E-state index in [1.165, 1.54) is 16.4 Å². The Kier molecular flexibility index (Phi) is 7.60. The van der Waals surface area contributed by atoms with Gasteiger partial charge in [-0.3, -0.25) is 4.79 Å². The van der Waals surface area contributed by atoms with Crippen LogP contribution >= 0.6 is 0 Å². The van der Waals surface area contributed by atoms with Crippen molar-refractivity contribution < 1.29 is 13.2 Å². The zero-order valence-corrected chi connectivity index (χ0v) is 19.0. The van der Waals surface area contributed by atoms with Crippen LogP contribution in [0.25, 0.3) is 0 Å². The molecule has 158 valence electrons. The number of carbonyl (C=O) groups excluding carboxylic acids is 1. The Labute approximate surface area is 175 Å².